The molecule has 0 aromatic carbocycles. The van der Waals surface area contributed by atoms with Crippen molar-refractivity contribution in [1.29, 1.82) is 0 Å². The Morgan fingerprint density at radius 3 is 2.00 bits per heavy atom. The summed E-state index contributed by atoms with van der Waals surface area (Å²) in [5.74, 6) is -0.833. The molecule has 0 rings (SSSR count). The normalized spacial score (nSPS) is 9.94. The minimum atomic E-state index is -0.833. The van der Waals surface area contributed by atoms with E-state index in [2.05, 4.69) is 5.32 Å². The number of carboxylic acids is 1. The largest absolute Gasteiger partial charge is 0.481 e. The molecule has 0 aromatic rings. The van der Waals surface area contributed by atoms with Gasteiger partial charge in [-0.2, -0.15) is 0 Å². The molecule has 0 amide bonds. The van der Waals surface area contributed by atoms with Gasteiger partial charge in [0.1, 0.15) is 0 Å². The molecular formula is C10H25N3O4. The summed E-state index contributed by atoms with van der Waals surface area (Å²) < 4.78 is 0. The zero-order chi connectivity index (χ0) is 13.5. The summed E-state index contributed by atoms with van der Waals surface area (Å²) >= 11 is 0. The highest BCUT2D eigenvalue weighted by atomic mass is 16.4. The third-order valence-electron chi connectivity index (χ3n) is 1.76. The molecule has 0 aliphatic heterocycles. The Labute approximate surface area is 102 Å². The van der Waals surface area contributed by atoms with Crippen LogP contribution in [0.5, 0.6) is 0 Å². The van der Waals surface area contributed by atoms with E-state index < -0.39 is 5.97 Å². The molecule has 0 saturated heterocycles. The van der Waals surface area contributed by atoms with Gasteiger partial charge in [-0.05, 0) is 0 Å². The Morgan fingerprint density at radius 2 is 1.65 bits per heavy atom. The number of aliphatic hydroxyl groups is 2. The van der Waals surface area contributed by atoms with Crippen LogP contribution in [0.25, 0.3) is 0 Å². The van der Waals surface area contributed by atoms with Gasteiger partial charge in [0.05, 0.1) is 13.2 Å². The van der Waals surface area contributed by atoms with Crippen LogP contribution in [-0.4, -0.2) is 78.7 Å². The van der Waals surface area contributed by atoms with E-state index in [4.69, 9.17) is 25.8 Å². The first kappa shape index (κ1) is 18.6. The maximum absolute atomic E-state index is 9.00. The topological polar surface area (TPSA) is 119 Å². The molecule has 0 aliphatic rings. The van der Waals surface area contributed by atoms with Gasteiger partial charge in [-0.1, -0.05) is 0 Å². The van der Waals surface area contributed by atoms with E-state index in [-0.39, 0.29) is 13.2 Å². The van der Waals surface area contributed by atoms with Gasteiger partial charge >= 0.3 is 0 Å². The molecule has 7 heteroatoms. The second-order valence-corrected chi connectivity index (χ2v) is 3.35. The van der Waals surface area contributed by atoms with Crippen LogP contribution < -0.4 is 11.1 Å². The number of nitrogens with one attached hydrogen (secondary N) is 1. The highest BCUT2D eigenvalue weighted by Gasteiger charge is 2.01. The smallest absolute Gasteiger partial charge is 0.300 e. The fraction of sp³-hybridized carbons (Fsp3) is 0.900. The molecule has 17 heavy (non-hydrogen) atoms. The maximum atomic E-state index is 9.00. The number of hydrogen-bond donors (Lipinski definition) is 5. The first-order valence-electron chi connectivity index (χ1n) is 5.62. The third-order valence-corrected chi connectivity index (χ3v) is 1.76. The van der Waals surface area contributed by atoms with Crippen LogP contribution in [0, 0.1) is 0 Å². The van der Waals surface area contributed by atoms with Gasteiger partial charge < -0.3 is 26.4 Å². The van der Waals surface area contributed by atoms with Crippen molar-refractivity contribution in [2.24, 2.45) is 5.73 Å². The summed E-state index contributed by atoms with van der Waals surface area (Å²) in [6.45, 7) is 5.72. The van der Waals surface area contributed by atoms with E-state index in [0.717, 1.165) is 26.6 Å². The molecule has 7 nitrogen and oxygen atoms in total. The van der Waals surface area contributed by atoms with Crippen LogP contribution in [0.1, 0.15) is 6.92 Å². The third kappa shape index (κ3) is 21.2. The zero-order valence-electron chi connectivity index (χ0n) is 10.4. The molecule has 0 heterocycles. The van der Waals surface area contributed by atoms with Crippen molar-refractivity contribution in [3.63, 3.8) is 0 Å². The summed E-state index contributed by atoms with van der Waals surface area (Å²) in [6.07, 6.45) is 0. The van der Waals surface area contributed by atoms with Gasteiger partial charge in [0, 0.05) is 46.2 Å². The van der Waals surface area contributed by atoms with Crippen LogP contribution in [-0.2, 0) is 4.79 Å². The minimum Gasteiger partial charge on any atom is -0.481 e. The van der Waals surface area contributed by atoms with E-state index in [1.807, 2.05) is 4.90 Å². The van der Waals surface area contributed by atoms with Crippen molar-refractivity contribution >= 4 is 5.97 Å². The fourth-order valence-electron chi connectivity index (χ4n) is 1.08. The monoisotopic (exact) mass is 251 g/mol. The fourth-order valence-corrected chi connectivity index (χ4v) is 1.08. The predicted octanol–water partition coefficient (Wildman–Crippen LogP) is -2.09. The molecule has 0 aromatic heterocycles. The Kier molecular flexibility index (Phi) is 16.7. The molecule has 0 atom stereocenters. The van der Waals surface area contributed by atoms with E-state index in [0.29, 0.717) is 19.6 Å². The lowest BCUT2D eigenvalue weighted by Crippen LogP contribution is -2.37. The molecule has 0 unspecified atom stereocenters. The Bertz CT molecular complexity index is 160. The van der Waals surface area contributed by atoms with Crippen LogP contribution >= 0.6 is 0 Å². The molecule has 0 radical (unpaired) electrons. The molecule has 0 spiro atoms. The van der Waals surface area contributed by atoms with Gasteiger partial charge in [0.2, 0.25) is 0 Å². The van der Waals surface area contributed by atoms with E-state index in [1.54, 1.807) is 0 Å². The zero-order valence-corrected chi connectivity index (χ0v) is 10.4. The summed E-state index contributed by atoms with van der Waals surface area (Å²) in [4.78, 5) is 11.0. The van der Waals surface area contributed by atoms with E-state index >= 15 is 0 Å². The van der Waals surface area contributed by atoms with E-state index in [1.165, 1.54) is 0 Å². The van der Waals surface area contributed by atoms with Gasteiger partial charge in [-0.15, -0.1) is 0 Å². The number of aliphatic hydroxyl groups excluding tert-OH is 2. The Hall–Kier alpha value is -0.730. The molecule has 6 N–H and O–H groups in total. The second-order valence-electron chi connectivity index (χ2n) is 3.35. The number of aliphatic carboxylic acids is 1. The molecular weight excluding hydrogens is 226 g/mol. The van der Waals surface area contributed by atoms with Gasteiger partial charge in [-0.25, -0.2) is 0 Å². The van der Waals surface area contributed by atoms with Crippen molar-refractivity contribution in [3.05, 3.63) is 0 Å². The van der Waals surface area contributed by atoms with Crippen molar-refractivity contribution in [2.75, 3.05) is 52.5 Å². The van der Waals surface area contributed by atoms with E-state index in [9.17, 15) is 0 Å². The van der Waals surface area contributed by atoms with Crippen molar-refractivity contribution in [3.8, 4) is 0 Å². The molecule has 0 fully saturated rings. The number of carbonyl (C=O) groups is 1. The first-order valence-corrected chi connectivity index (χ1v) is 5.62. The molecule has 0 bridgehead atoms. The SMILES string of the molecule is CC(=O)O.NCCNCCN(CCO)CCO. The average molecular weight is 251 g/mol. The summed E-state index contributed by atoms with van der Waals surface area (Å²) in [5.41, 5.74) is 5.31. The number of rotatable bonds is 9. The van der Waals surface area contributed by atoms with Crippen LogP contribution in [0.3, 0.4) is 0 Å². The van der Waals surface area contributed by atoms with Crippen LogP contribution in [0.4, 0.5) is 0 Å². The highest BCUT2D eigenvalue weighted by molar-refractivity contribution is 5.62. The lowest BCUT2D eigenvalue weighted by Gasteiger charge is -2.19. The second kappa shape index (κ2) is 15.3. The number of nitrogens with two attached hydrogens (primary N) is 1. The van der Waals surface area contributed by atoms with Gasteiger partial charge in [0.15, 0.2) is 0 Å². The van der Waals surface area contributed by atoms with Crippen LogP contribution in [0.2, 0.25) is 0 Å². The lowest BCUT2D eigenvalue weighted by molar-refractivity contribution is -0.134. The number of hydrogen-bond acceptors (Lipinski definition) is 6. The molecule has 104 valence electrons. The Balaban J connectivity index is 0. The van der Waals surface area contributed by atoms with Crippen molar-refractivity contribution in [1.82, 2.24) is 10.2 Å². The Morgan fingerprint density at radius 1 is 1.18 bits per heavy atom. The summed E-state index contributed by atoms with van der Waals surface area (Å²) in [7, 11) is 0. The molecule has 0 aliphatic carbocycles. The first-order chi connectivity index (χ1) is 8.08. The molecule has 0 saturated carbocycles. The number of carboxylic acid groups (broad SMARTS) is 1. The van der Waals surface area contributed by atoms with Crippen LogP contribution in [0.15, 0.2) is 0 Å². The summed E-state index contributed by atoms with van der Waals surface area (Å²) in [5, 5.41) is 28.0. The van der Waals surface area contributed by atoms with Gasteiger partial charge in [0.25, 0.3) is 5.97 Å². The lowest BCUT2D eigenvalue weighted by atomic mass is 10.4. The maximum Gasteiger partial charge on any atom is 0.300 e. The average Bonchev–Trinajstić information content (AvgIpc) is 2.24. The standard InChI is InChI=1S/C8H21N3O2.C2H4O2/c9-1-2-10-3-4-11(5-7-12)6-8-13;1-2(3)4/h10,12-13H,1-9H2;1H3,(H,3,4). The quantitative estimate of drug-likeness (QED) is 0.298. The van der Waals surface area contributed by atoms with Gasteiger partial charge in [-0.3, -0.25) is 9.69 Å². The highest BCUT2D eigenvalue weighted by Crippen LogP contribution is 1.84. The minimum absolute atomic E-state index is 0.136. The van der Waals surface area contributed by atoms with Crippen molar-refractivity contribution in [2.45, 2.75) is 6.92 Å². The summed E-state index contributed by atoms with van der Waals surface area (Å²) in [6, 6.07) is 0. The van der Waals surface area contributed by atoms with Crippen molar-refractivity contribution < 1.29 is 20.1 Å². The number of nitrogens with zero attached hydrogens (tertiary/aromatic N) is 1. The predicted molar refractivity (Wildman–Crippen MR) is 65.8 cm³/mol.